The lowest BCUT2D eigenvalue weighted by Gasteiger charge is -2.40. The number of phenols is 1. The molecule has 2 heterocycles. The summed E-state index contributed by atoms with van der Waals surface area (Å²) in [7, 11) is 5.63. The summed E-state index contributed by atoms with van der Waals surface area (Å²) in [6, 6.07) is 11.0. The van der Waals surface area contributed by atoms with E-state index in [1.165, 1.54) is 46.6 Å². The largest absolute Gasteiger partial charge is 0.504 e. The smallest absolute Gasteiger partial charge is 0.204 e. The van der Waals surface area contributed by atoms with Crippen molar-refractivity contribution in [2.45, 2.75) is 54.9 Å². The molecular weight excluding hydrogens is 700 g/mol. The van der Waals surface area contributed by atoms with Gasteiger partial charge in [0.25, 0.3) is 0 Å². The number of benzene rings is 3. The third-order valence-corrected chi connectivity index (χ3v) is 9.20. The second-order valence-corrected chi connectivity index (χ2v) is 12.4. The molecule has 0 aromatic heterocycles. The van der Waals surface area contributed by atoms with Crippen LogP contribution in [0.1, 0.15) is 40.4 Å². The van der Waals surface area contributed by atoms with Crippen molar-refractivity contribution < 1.29 is 78.7 Å². The van der Waals surface area contributed by atoms with Crippen LogP contribution in [0.3, 0.4) is 0 Å². The standard InChI is InChI=1S/C37H46O16/c1-46-24-12-19(7-8-23(24)41)30(42)28(15-39)51-36-26(48-3)13-20(14-27(36)49-4)34-22(17-50-37-33(45)32(44)31(43)29(16-40)52-37)21-10-18(6-5-9-38)11-25(47-2)35(21)53-34/h5-8,10-14,22,28-34,37-45H,9,15-17H2,1-4H3/t22-,28-,29+,30+,31+,32-,33+,34+,37+/m0/s1. The zero-order valence-electron chi connectivity index (χ0n) is 29.6. The summed E-state index contributed by atoms with van der Waals surface area (Å²) in [5.41, 5.74) is 2.11. The minimum atomic E-state index is -1.65. The van der Waals surface area contributed by atoms with E-state index in [2.05, 4.69) is 0 Å². The van der Waals surface area contributed by atoms with E-state index < -0.39 is 68.1 Å². The predicted octanol–water partition coefficient (Wildman–Crippen LogP) is 0.939. The van der Waals surface area contributed by atoms with Crippen molar-refractivity contribution in [3.05, 3.63) is 70.8 Å². The molecule has 8 N–H and O–H groups in total. The van der Waals surface area contributed by atoms with Gasteiger partial charge in [-0.05, 0) is 47.5 Å². The zero-order valence-corrected chi connectivity index (χ0v) is 29.6. The second kappa shape index (κ2) is 17.6. The van der Waals surface area contributed by atoms with Crippen molar-refractivity contribution in [2.24, 2.45) is 0 Å². The molecule has 1 saturated heterocycles. The van der Waals surface area contributed by atoms with Crippen LogP contribution >= 0.6 is 0 Å². The quantitative estimate of drug-likeness (QED) is 0.102. The van der Waals surface area contributed by atoms with Crippen LogP contribution in [0.4, 0.5) is 0 Å². The maximum Gasteiger partial charge on any atom is 0.204 e. The highest BCUT2D eigenvalue weighted by molar-refractivity contribution is 5.63. The van der Waals surface area contributed by atoms with Gasteiger partial charge in [0.05, 0.1) is 60.8 Å². The summed E-state index contributed by atoms with van der Waals surface area (Å²) >= 11 is 0. The van der Waals surface area contributed by atoms with E-state index in [4.69, 9.17) is 37.9 Å². The van der Waals surface area contributed by atoms with Crippen LogP contribution in [0.2, 0.25) is 0 Å². The van der Waals surface area contributed by atoms with Gasteiger partial charge in [0, 0.05) is 11.1 Å². The van der Waals surface area contributed by atoms with Gasteiger partial charge in [-0.1, -0.05) is 18.2 Å². The van der Waals surface area contributed by atoms with E-state index in [-0.39, 0.29) is 42.0 Å². The molecule has 0 radical (unpaired) electrons. The third-order valence-electron chi connectivity index (χ3n) is 9.20. The Hall–Kier alpha value is -4.36. The first-order chi connectivity index (χ1) is 25.5. The predicted molar refractivity (Wildman–Crippen MR) is 186 cm³/mol. The van der Waals surface area contributed by atoms with Crippen LogP contribution in [0.15, 0.2) is 48.5 Å². The number of phenolic OH excluding ortho intramolecular Hbond substituents is 1. The normalized spacial score (nSPS) is 25.0. The van der Waals surface area contributed by atoms with E-state index >= 15 is 0 Å². The molecule has 2 aliphatic heterocycles. The summed E-state index contributed by atoms with van der Waals surface area (Å²) < 4.78 is 46.5. The van der Waals surface area contributed by atoms with Gasteiger partial charge in [-0.25, -0.2) is 0 Å². The Balaban J connectivity index is 1.52. The minimum absolute atomic E-state index is 0.0567. The van der Waals surface area contributed by atoms with Gasteiger partial charge >= 0.3 is 0 Å². The van der Waals surface area contributed by atoms with Crippen LogP contribution in [0, 0.1) is 0 Å². The van der Waals surface area contributed by atoms with E-state index in [0.29, 0.717) is 33.8 Å². The highest BCUT2D eigenvalue weighted by atomic mass is 16.7. The molecule has 0 aliphatic carbocycles. The number of methoxy groups -OCH3 is 4. The SMILES string of the molecule is COc1cc([C@@H](O)[C@H](CO)Oc2c(OC)cc([C@H]3Oc4c(OC)cc(C=CCO)cc4[C@@H]3CO[C@@H]3O[C@H](CO)[C@@H](O)[C@H](O)[C@H]3O)cc2OC)ccc1O. The Kier molecular flexibility index (Phi) is 13.3. The fraction of sp³-hybridized carbons (Fsp3) is 0.459. The topological polar surface area (TPSA) is 236 Å². The summed E-state index contributed by atoms with van der Waals surface area (Å²) in [5, 5.41) is 81.9. The number of hydrogen-bond acceptors (Lipinski definition) is 16. The Morgan fingerprint density at radius 3 is 2.09 bits per heavy atom. The molecule has 3 aromatic carbocycles. The number of fused-ring (bicyclic) bond motifs is 1. The molecule has 0 unspecified atom stereocenters. The Bertz CT molecular complexity index is 1690. The van der Waals surface area contributed by atoms with E-state index in [1.807, 2.05) is 6.07 Å². The molecule has 290 valence electrons. The molecule has 9 atom stereocenters. The van der Waals surface area contributed by atoms with Gasteiger partial charge in [-0.2, -0.15) is 0 Å². The average Bonchev–Trinajstić information content (AvgIpc) is 3.55. The van der Waals surface area contributed by atoms with E-state index in [1.54, 1.807) is 30.4 Å². The van der Waals surface area contributed by atoms with Gasteiger partial charge in [-0.3, -0.25) is 0 Å². The molecular formula is C37H46O16. The molecule has 0 amide bonds. The third kappa shape index (κ3) is 8.26. The number of ether oxygens (including phenoxy) is 8. The molecule has 3 aromatic rings. The fourth-order valence-corrected chi connectivity index (χ4v) is 6.36. The molecule has 16 heteroatoms. The van der Waals surface area contributed by atoms with Crippen LogP contribution in [-0.2, 0) is 9.47 Å². The molecule has 1 fully saturated rings. The summed E-state index contributed by atoms with van der Waals surface area (Å²) in [6.07, 6.45) is -7.65. The van der Waals surface area contributed by atoms with Gasteiger partial charge in [0.2, 0.25) is 5.75 Å². The molecule has 53 heavy (non-hydrogen) atoms. The van der Waals surface area contributed by atoms with Crippen LogP contribution < -0.4 is 28.4 Å². The highest BCUT2D eigenvalue weighted by Gasteiger charge is 2.46. The Morgan fingerprint density at radius 2 is 1.49 bits per heavy atom. The summed E-state index contributed by atoms with van der Waals surface area (Å²) in [6.45, 7) is -1.63. The van der Waals surface area contributed by atoms with Crippen molar-refractivity contribution >= 4 is 6.08 Å². The fourth-order valence-electron chi connectivity index (χ4n) is 6.36. The maximum absolute atomic E-state index is 11.2. The zero-order chi connectivity index (χ0) is 38.4. The molecule has 0 bridgehead atoms. The van der Waals surface area contributed by atoms with Crippen molar-refractivity contribution in [2.75, 3.05) is 54.9 Å². The Labute approximate surface area is 305 Å². The van der Waals surface area contributed by atoms with E-state index in [9.17, 15) is 40.9 Å². The van der Waals surface area contributed by atoms with E-state index in [0.717, 1.165) is 0 Å². The maximum atomic E-state index is 11.2. The van der Waals surface area contributed by atoms with Gasteiger partial charge in [0.15, 0.2) is 46.9 Å². The second-order valence-electron chi connectivity index (χ2n) is 12.4. The van der Waals surface area contributed by atoms with Gasteiger partial charge < -0.3 is 78.7 Å². The first-order valence-electron chi connectivity index (χ1n) is 16.7. The van der Waals surface area contributed by atoms with Crippen molar-refractivity contribution in [1.82, 2.24) is 0 Å². The first kappa shape index (κ1) is 39.8. The van der Waals surface area contributed by atoms with Crippen LogP contribution in [-0.4, -0.2) is 133 Å². The van der Waals surface area contributed by atoms with Crippen molar-refractivity contribution in [3.63, 3.8) is 0 Å². The monoisotopic (exact) mass is 746 g/mol. The highest BCUT2D eigenvalue weighted by Crippen LogP contribution is 2.53. The molecule has 16 nitrogen and oxygen atoms in total. The van der Waals surface area contributed by atoms with Crippen molar-refractivity contribution in [1.29, 1.82) is 0 Å². The minimum Gasteiger partial charge on any atom is -0.504 e. The van der Waals surface area contributed by atoms with Gasteiger partial charge in [-0.15, -0.1) is 0 Å². The summed E-state index contributed by atoms with van der Waals surface area (Å²) in [5.74, 6) is 0.464. The van der Waals surface area contributed by atoms with Crippen LogP contribution in [0.5, 0.6) is 40.2 Å². The molecule has 2 aliphatic rings. The van der Waals surface area contributed by atoms with Crippen LogP contribution in [0.25, 0.3) is 6.08 Å². The number of hydrogen-bond donors (Lipinski definition) is 8. The first-order valence-corrected chi connectivity index (χ1v) is 16.7. The molecule has 5 rings (SSSR count). The number of aliphatic hydroxyl groups excluding tert-OH is 7. The number of rotatable bonds is 16. The lowest BCUT2D eigenvalue weighted by molar-refractivity contribution is -0.302. The number of aromatic hydroxyl groups is 1. The summed E-state index contributed by atoms with van der Waals surface area (Å²) in [4.78, 5) is 0. The number of aliphatic hydroxyl groups is 7. The lowest BCUT2D eigenvalue weighted by Crippen LogP contribution is -2.59. The van der Waals surface area contributed by atoms with Gasteiger partial charge in [0.1, 0.15) is 36.6 Å². The Morgan fingerprint density at radius 1 is 0.811 bits per heavy atom. The molecule has 0 saturated carbocycles. The average molecular weight is 747 g/mol. The van der Waals surface area contributed by atoms with Crippen molar-refractivity contribution in [3.8, 4) is 40.2 Å². The lowest BCUT2D eigenvalue weighted by atomic mass is 9.90. The molecule has 0 spiro atoms.